The Morgan fingerprint density at radius 2 is 2.00 bits per heavy atom. The molecule has 0 radical (unpaired) electrons. The van der Waals surface area contributed by atoms with Crippen molar-refractivity contribution in [1.82, 2.24) is 9.97 Å². The van der Waals surface area contributed by atoms with Gasteiger partial charge in [-0.25, -0.2) is 9.97 Å². The van der Waals surface area contributed by atoms with Crippen molar-refractivity contribution in [3.05, 3.63) is 46.8 Å². The summed E-state index contributed by atoms with van der Waals surface area (Å²) in [5, 5.41) is 0. The van der Waals surface area contributed by atoms with Gasteiger partial charge in [0.1, 0.15) is 12.4 Å². The van der Waals surface area contributed by atoms with Crippen molar-refractivity contribution in [3.8, 4) is 5.75 Å². The van der Waals surface area contributed by atoms with Crippen LogP contribution in [0.3, 0.4) is 0 Å². The molecular weight excluding hydrogens is 292 g/mol. The first-order valence-corrected chi connectivity index (χ1v) is 7.58. The standard InChI is InChI=1S/C17H22N4O2/c1-4-10(2)12-7-5-6-8-14(12)23-9-13-15(16(18)22)11(3)20-17(19)21-13/h5-8,10H,4,9H2,1-3H3,(H2,18,22)(H2,19,20,21). The number of benzene rings is 1. The Morgan fingerprint density at radius 3 is 2.65 bits per heavy atom. The summed E-state index contributed by atoms with van der Waals surface area (Å²) in [4.78, 5) is 19.7. The molecule has 0 spiro atoms. The molecule has 4 N–H and O–H groups in total. The van der Waals surface area contributed by atoms with Crippen LogP contribution in [0.1, 0.15) is 53.5 Å². The molecule has 0 aliphatic heterocycles. The van der Waals surface area contributed by atoms with Crippen molar-refractivity contribution >= 4 is 11.9 Å². The lowest BCUT2D eigenvalue weighted by Crippen LogP contribution is -2.20. The molecule has 1 aromatic carbocycles. The number of carbonyl (C=O) groups excluding carboxylic acids is 1. The van der Waals surface area contributed by atoms with E-state index in [1.165, 1.54) is 0 Å². The van der Waals surface area contributed by atoms with Gasteiger partial charge in [-0.1, -0.05) is 32.0 Å². The lowest BCUT2D eigenvalue weighted by atomic mass is 9.98. The van der Waals surface area contributed by atoms with Gasteiger partial charge in [-0.05, 0) is 30.9 Å². The van der Waals surface area contributed by atoms with Crippen LogP contribution in [0.2, 0.25) is 0 Å². The summed E-state index contributed by atoms with van der Waals surface area (Å²) in [5.41, 5.74) is 13.3. The van der Waals surface area contributed by atoms with Gasteiger partial charge >= 0.3 is 0 Å². The molecule has 1 aromatic heterocycles. The van der Waals surface area contributed by atoms with Crippen LogP contribution in [0.15, 0.2) is 24.3 Å². The number of nitrogen functional groups attached to an aromatic ring is 1. The maximum absolute atomic E-state index is 11.6. The van der Waals surface area contributed by atoms with Crippen LogP contribution in [0.4, 0.5) is 5.95 Å². The molecule has 0 bridgehead atoms. The third-order valence-electron chi connectivity index (χ3n) is 3.86. The molecule has 23 heavy (non-hydrogen) atoms. The SMILES string of the molecule is CCC(C)c1ccccc1OCc1nc(N)nc(C)c1C(N)=O. The fourth-order valence-electron chi connectivity index (χ4n) is 2.47. The molecule has 0 aliphatic rings. The summed E-state index contributed by atoms with van der Waals surface area (Å²) in [6.45, 7) is 6.05. The molecular formula is C17H22N4O2. The van der Waals surface area contributed by atoms with Crippen LogP contribution < -0.4 is 16.2 Å². The van der Waals surface area contributed by atoms with Crippen LogP contribution in [0, 0.1) is 6.92 Å². The number of para-hydroxylation sites is 1. The summed E-state index contributed by atoms with van der Waals surface area (Å²) < 4.78 is 5.89. The molecule has 6 heteroatoms. The average Bonchev–Trinajstić information content (AvgIpc) is 2.51. The van der Waals surface area contributed by atoms with E-state index in [-0.39, 0.29) is 18.1 Å². The fourth-order valence-corrected chi connectivity index (χ4v) is 2.47. The number of hydrogen-bond acceptors (Lipinski definition) is 5. The van der Waals surface area contributed by atoms with Gasteiger partial charge in [-0.3, -0.25) is 4.79 Å². The van der Waals surface area contributed by atoms with Gasteiger partial charge in [0.2, 0.25) is 5.95 Å². The number of ether oxygens (including phenoxy) is 1. The Balaban J connectivity index is 2.30. The number of primary amides is 1. The van der Waals surface area contributed by atoms with E-state index >= 15 is 0 Å². The molecule has 2 aromatic rings. The van der Waals surface area contributed by atoms with Gasteiger partial charge in [0.25, 0.3) is 5.91 Å². The molecule has 2 rings (SSSR count). The van der Waals surface area contributed by atoms with Gasteiger partial charge in [-0.15, -0.1) is 0 Å². The monoisotopic (exact) mass is 314 g/mol. The van der Waals surface area contributed by atoms with Gasteiger partial charge in [0.15, 0.2) is 0 Å². The number of aromatic nitrogens is 2. The fraction of sp³-hybridized carbons (Fsp3) is 0.353. The number of hydrogen-bond donors (Lipinski definition) is 2. The summed E-state index contributed by atoms with van der Waals surface area (Å²) in [6.07, 6.45) is 1.01. The molecule has 0 aliphatic carbocycles. The highest BCUT2D eigenvalue weighted by Crippen LogP contribution is 2.29. The molecule has 1 unspecified atom stereocenters. The molecule has 1 amide bonds. The number of rotatable bonds is 6. The molecule has 122 valence electrons. The van der Waals surface area contributed by atoms with Gasteiger partial charge < -0.3 is 16.2 Å². The Kier molecular flexibility index (Phi) is 5.16. The molecule has 1 atom stereocenters. The minimum absolute atomic E-state index is 0.0984. The smallest absolute Gasteiger partial charge is 0.252 e. The van der Waals surface area contributed by atoms with E-state index in [9.17, 15) is 4.79 Å². The first kappa shape index (κ1) is 16.7. The van der Waals surface area contributed by atoms with Gasteiger partial charge in [-0.2, -0.15) is 0 Å². The van der Waals surface area contributed by atoms with E-state index in [0.717, 1.165) is 17.7 Å². The van der Waals surface area contributed by atoms with Gasteiger partial charge in [0, 0.05) is 0 Å². The number of amides is 1. The summed E-state index contributed by atoms with van der Waals surface area (Å²) in [5.74, 6) is 0.656. The van der Waals surface area contributed by atoms with Crippen LogP contribution in [0.5, 0.6) is 5.75 Å². The average molecular weight is 314 g/mol. The predicted molar refractivity (Wildman–Crippen MR) is 89.2 cm³/mol. The van der Waals surface area contributed by atoms with Crippen molar-refractivity contribution in [2.45, 2.75) is 39.7 Å². The van der Waals surface area contributed by atoms with Crippen molar-refractivity contribution < 1.29 is 9.53 Å². The highest BCUT2D eigenvalue weighted by Gasteiger charge is 2.17. The largest absolute Gasteiger partial charge is 0.487 e. The quantitative estimate of drug-likeness (QED) is 0.852. The second-order valence-electron chi connectivity index (χ2n) is 5.49. The third-order valence-corrected chi connectivity index (χ3v) is 3.86. The second-order valence-corrected chi connectivity index (χ2v) is 5.49. The number of nitrogens with zero attached hydrogens (tertiary/aromatic N) is 2. The molecule has 0 saturated carbocycles. The Hall–Kier alpha value is -2.63. The second kappa shape index (κ2) is 7.09. The molecule has 0 saturated heterocycles. The summed E-state index contributed by atoms with van der Waals surface area (Å²) in [7, 11) is 0. The van der Waals surface area contributed by atoms with E-state index < -0.39 is 5.91 Å². The zero-order valence-corrected chi connectivity index (χ0v) is 13.7. The van der Waals surface area contributed by atoms with Gasteiger partial charge in [0.05, 0.1) is 17.0 Å². The van der Waals surface area contributed by atoms with Crippen molar-refractivity contribution in [3.63, 3.8) is 0 Å². The third kappa shape index (κ3) is 3.77. The Bertz CT molecular complexity index is 716. The van der Waals surface area contributed by atoms with Crippen molar-refractivity contribution in [2.75, 3.05) is 5.73 Å². The molecule has 6 nitrogen and oxygen atoms in total. The first-order valence-electron chi connectivity index (χ1n) is 7.58. The van der Waals surface area contributed by atoms with E-state index in [4.69, 9.17) is 16.2 Å². The van der Waals surface area contributed by atoms with Crippen LogP contribution >= 0.6 is 0 Å². The van der Waals surface area contributed by atoms with Crippen LogP contribution in [-0.4, -0.2) is 15.9 Å². The number of anilines is 1. The topological polar surface area (TPSA) is 104 Å². The Labute approximate surface area is 135 Å². The lowest BCUT2D eigenvalue weighted by Gasteiger charge is -2.16. The molecule has 0 fully saturated rings. The normalized spacial score (nSPS) is 12.0. The highest BCUT2D eigenvalue weighted by atomic mass is 16.5. The van der Waals surface area contributed by atoms with E-state index in [1.54, 1.807) is 6.92 Å². The number of aryl methyl sites for hydroxylation is 1. The van der Waals surface area contributed by atoms with E-state index in [2.05, 4.69) is 23.8 Å². The Morgan fingerprint density at radius 1 is 1.30 bits per heavy atom. The zero-order valence-electron chi connectivity index (χ0n) is 13.7. The lowest BCUT2D eigenvalue weighted by molar-refractivity contribution is 0.0996. The number of carbonyl (C=O) groups is 1. The van der Waals surface area contributed by atoms with Crippen molar-refractivity contribution in [2.24, 2.45) is 5.73 Å². The minimum atomic E-state index is -0.587. The first-order chi connectivity index (χ1) is 10.9. The van der Waals surface area contributed by atoms with E-state index in [0.29, 0.717) is 17.3 Å². The van der Waals surface area contributed by atoms with Crippen LogP contribution in [-0.2, 0) is 6.61 Å². The number of nitrogens with two attached hydrogens (primary N) is 2. The minimum Gasteiger partial charge on any atom is -0.487 e. The maximum atomic E-state index is 11.6. The zero-order chi connectivity index (χ0) is 17.0. The summed E-state index contributed by atoms with van der Waals surface area (Å²) >= 11 is 0. The predicted octanol–water partition coefficient (Wildman–Crippen LogP) is 2.56. The maximum Gasteiger partial charge on any atom is 0.252 e. The highest BCUT2D eigenvalue weighted by molar-refractivity contribution is 5.95. The summed E-state index contributed by atoms with van der Waals surface area (Å²) in [6, 6.07) is 7.84. The van der Waals surface area contributed by atoms with Crippen molar-refractivity contribution in [1.29, 1.82) is 0 Å². The van der Waals surface area contributed by atoms with E-state index in [1.807, 2.05) is 24.3 Å². The molecule has 1 heterocycles. The van der Waals surface area contributed by atoms with Crippen LogP contribution in [0.25, 0.3) is 0 Å².